The van der Waals surface area contributed by atoms with Crippen molar-refractivity contribution in [3.8, 4) is 0 Å². The molecule has 0 N–H and O–H groups in total. The maximum absolute atomic E-state index is 13.4. The van der Waals surface area contributed by atoms with Gasteiger partial charge in [-0.1, -0.05) is 66.7 Å². The van der Waals surface area contributed by atoms with Gasteiger partial charge in [-0.3, -0.25) is 4.79 Å². The fourth-order valence-corrected chi connectivity index (χ4v) is 4.28. The van der Waals surface area contributed by atoms with Crippen LogP contribution in [0.3, 0.4) is 0 Å². The first-order chi connectivity index (χ1) is 12.7. The van der Waals surface area contributed by atoms with Crippen LogP contribution in [-0.4, -0.2) is 30.9 Å². The van der Waals surface area contributed by atoms with Crippen molar-refractivity contribution in [1.29, 1.82) is 0 Å². The van der Waals surface area contributed by atoms with E-state index in [9.17, 15) is 9.59 Å². The second kappa shape index (κ2) is 7.34. The topological polar surface area (TPSA) is 59.0 Å². The minimum atomic E-state index is -0.763. The number of benzene rings is 1. The van der Waals surface area contributed by atoms with Crippen molar-refractivity contribution in [2.24, 2.45) is 21.2 Å². The Hall–Kier alpha value is -2.17. The molecule has 0 saturated heterocycles. The predicted octanol–water partition coefficient (Wildman–Crippen LogP) is 5.47. The molecule has 0 radical (unpaired) electrons. The van der Waals surface area contributed by atoms with Crippen molar-refractivity contribution in [2.45, 2.75) is 67.9 Å². The van der Waals surface area contributed by atoms with E-state index in [1.807, 2.05) is 29.2 Å². The molecule has 1 aromatic rings. The molecule has 1 aliphatic rings. The van der Waals surface area contributed by atoms with Crippen LogP contribution in [0.4, 0.5) is 10.5 Å². The Bertz CT molecular complexity index is 799. The first-order valence-corrected chi connectivity index (χ1v) is 9.82. The third-order valence-electron chi connectivity index (χ3n) is 6.14. The van der Waals surface area contributed by atoms with Crippen LogP contribution in [0.15, 0.2) is 29.3 Å². The molecule has 2 unspecified atom stereocenters. The summed E-state index contributed by atoms with van der Waals surface area (Å²) in [6.07, 6.45) is 0.182. The van der Waals surface area contributed by atoms with Crippen LogP contribution in [-0.2, 0) is 9.53 Å². The third kappa shape index (κ3) is 3.98. The molecule has 28 heavy (non-hydrogen) atoms. The Kier molecular flexibility index (Phi) is 5.80. The van der Waals surface area contributed by atoms with E-state index in [0.29, 0.717) is 5.56 Å². The van der Waals surface area contributed by atoms with Crippen molar-refractivity contribution in [3.63, 3.8) is 0 Å². The Labute approximate surface area is 169 Å². The number of ether oxygens (including phenoxy) is 1. The number of rotatable bonds is 3. The number of carbonyl (C=O) groups is 2. The molecule has 2 rings (SSSR count). The van der Waals surface area contributed by atoms with E-state index in [1.165, 1.54) is 7.11 Å². The van der Waals surface area contributed by atoms with Crippen molar-refractivity contribution in [1.82, 2.24) is 0 Å². The van der Waals surface area contributed by atoms with Crippen LogP contribution in [0.2, 0.25) is 0 Å². The Morgan fingerprint density at radius 2 is 1.68 bits per heavy atom. The zero-order valence-electron chi connectivity index (χ0n) is 18.7. The van der Waals surface area contributed by atoms with E-state index in [4.69, 9.17) is 0 Å². The molecule has 0 aromatic heterocycles. The average Bonchev–Trinajstić information content (AvgIpc) is 2.83. The minimum Gasteiger partial charge on any atom is -0.451 e. The van der Waals surface area contributed by atoms with Crippen LogP contribution in [0, 0.1) is 16.2 Å². The molecule has 1 heterocycles. The van der Waals surface area contributed by atoms with Crippen LogP contribution in [0.1, 0.15) is 67.4 Å². The highest BCUT2D eigenvalue weighted by atomic mass is 16.5. The predicted molar refractivity (Wildman–Crippen MR) is 114 cm³/mol. The Balaban J connectivity index is 2.61. The van der Waals surface area contributed by atoms with Crippen molar-refractivity contribution >= 4 is 23.4 Å². The van der Waals surface area contributed by atoms with E-state index in [2.05, 4.69) is 65.1 Å². The summed E-state index contributed by atoms with van der Waals surface area (Å²) in [6, 6.07) is 7.42. The second-order valence-electron chi connectivity index (χ2n) is 10.2. The lowest BCUT2D eigenvalue weighted by molar-refractivity contribution is -0.113. The van der Waals surface area contributed by atoms with Gasteiger partial charge in [-0.2, -0.15) is 4.99 Å². The monoisotopic (exact) mass is 386 g/mol. The number of para-hydroxylation sites is 1. The lowest BCUT2D eigenvalue weighted by Gasteiger charge is -2.52. The largest absolute Gasteiger partial charge is 0.451 e. The minimum absolute atomic E-state index is 0.0445. The van der Waals surface area contributed by atoms with E-state index < -0.39 is 6.09 Å². The Morgan fingerprint density at radius 3 is 2.18 bits per heavy atom. The van der Waals surface area contributed by atoms with Crippen molar-refractivity contribution in [3.05, 3.63) is 29.8 Å². The van der Waals surface area contributed by atoms with E-state index in [0.717, 1.165) is 12.1 Å². The summed E-state index contributed by atoms with van der Waals surface area (Å²) < 4.78 is 4.66. The normalized spacial score (nSPS) is 19.4. The summed E-state index contributed by atoms with van der Waals surface area (Å²) in [5.74, 6) is -0.247. The van der Waals surface area contributed by atoms with Gasteiger partial charge in [0.1, 0.15) is 5.71 Å². The van der Waals surface area contributed by atoms with Gasteiger partial charge >= 0.3 is 6.09 Å². The van der Waals surface area contributed by atoms with Gasteiger partial charge in [0, 0.05) is 11.6 Å². The van der Waals surface area contributed by atoms with Gasteiger partial charge in [-0.05, 0) is 35.7 Å². The highest BCUT2D eigenvalue weighted by Gasteiger charge is 2.50. The quantitative estimate of drug-likeness (QED) is 0.692. The van der Waals surface area contributed by atoms with Crippen LogP contribution in [0.25, 0.3) is 0 Å². The molecule has 0 bridgehead atoms. The standard InChI is InChI=1S/C23H34N2O3/c1-15(23(8,22(5,6)7)14-21(2,3)4)25-17-13-11-10-12-16(17)18(19(25)26)24-20(27)28-9/h10-13,15H,14H2,1-9H3. The molecule has 0 aliphatic carbocycles. The number of amides is 2. The van der Waals surface area contributed by atoms with Gasteiger partial charge in [-0.15, -0.1) is 0 Å². The zero-order valence-corrected chi connectivity index (χ0v) is 18.7. The zero-order chi connectivity index (χ0) is 21.5. The van der Waals surface area contributed by atoms with E-state index in [1.54, 1.807) is 0 Å². The molecule has 154 valence electrons. The number of fused-ring (bicyclic) bond motifs is 1. The molecule has 1 aromatic carbocycles. The number of hydrogen-bond acceptors (Lipinski definition) is 3. The van der Waals surface area contributed by atoms with Gasteiger partial charge in [0.2, 0.25) is 0 Å². The van der Waals surface area contributed by atoms with Crippen molar-refractivity contribution in [2.75, 3.05) is 12.0 Å². The van der Waals surface area contributed by atoms with Crippen molar-refractivity contribution < 1.29 is 14.3 Å². The summed E-state index contributed by atoms with van der Waals surface area (Å²) in [5, 5.41) is 0. The molecule has 2 amide bonds. The molecule has 2 atom stereocenters. The number of carbonyl (C=O) groups excluding carboxylic acids is 2. The molecule has 0 fully saturated rings. The van der Waals surface area contributed by atoms with Gasteiger partial charge in [0.05, 0.1) is 12.8 Å². The molecular formula is C23H34N2O3. The third-order valence-corrected chi connectivity index (χ3v) is 6.14. The van der Waals surface area contributed by atoms with Gasteiger partial charge in [-0.25, -0.2) is 4.79 Å². The summed E-state index contributed by atoms with van der Waals surface area (Å²) in [5.41, 5.74) is 1.51. The fraction of sp³-hybridized carbons (Fsp3) is 0.609. The molecule has 1 aliphatic heterocycles. The molecular weight excluding hydrogens is 352 g/mol. The van der Waals surface area contributed by atoms with E-state index >= 15 is 0 Å². The first-order valence-electron chi connectivity index (χ1n) is 9.82. The SMILES string of the molecule is COC(=O)N=C1C(=O)N(C(C)C(C)(CC(C)(C)C)C(C)(C)C)c2ccccc21. The van der Waals surface area contributed by atoms with Gasteiger partial charge < -0.3 is 9.64 Å². The smallest absolute Gasteiger partial charge is 0.434 e. The van der Waals surface area contributed by atoms with Gasteiger partial charge in [0.15, 0.2) is 0 Å². The first kappa shape index (κ1) is 22.1. The van der Waals surface area contributed by atoms with Crippen LogP contribution in [0.5, 0.6) is 0 Å². The van der Waals surface area contributed by atoms with Crippen LogP contribution < -0.4 is 4.90 Å². The highest BCUT2D eigenvalue weighted by Crippen LogP contribution is 2.51. The maximum Gasteiger partial charge on any atom is 0.434 e. The highest BCUT2D eigenvalue weighted by molar-refractivity contribution is 6.55. The fourth-order valence-electron chi connectivity index (χ4n) is 4.28. The number of nitrogens with zero attached hydrogens (tertiary/aromatic N) is 2. The summed E-state index contributed by atoms with van der Waals surface area (Å²) in [7, 11) is 1.26. The number of methoxy groups -OCH3 is 1. The van der Waals surface area contributed by atoms with Gasteiger partial charge in [0.25, 0.3) is 5.91 Å². The maximum atomic E-state index is 13.4. The molecule has 5 nitrogen and oxygen atoms in total. The van der Waals surface area contributed by atoms with Crippen LogP contribution >= 0.6 is 0 Å². The second-order valence-corrected chi connectivity index (χ2v) is 10.2. The number of aliphatic imine (C=N–C) groups is 1. The lowest BCUT2D eigenvalue weighted by Crippen LogP contribution is -2.54. The summed E-state index contributed by atoms with van der Waals surface area (Å²) >= 11 is 0. The molecule has 5 heteroatoms. The van der Waals surface area contributed by atoms with E-state index in [-0.39, 0.29) is 33.9 Å². The molecule has 0 saturated carbocycles. The number of hydrogen-bond donors (Lipinski definition) is 0. The average molecular weight is 387 g/mol. The summed E-state index contributed by atoms with van der Waals surface area (Å²) in [6.45, 7) is 17.7. The summed E-state index contributed by atoms with van der Waals surface area (Å²) in [4.78, 5) is 30.9. The lowest BCUT2D eigenvalue weighted by atomic mass is 9.58. The number of anilines is 1. The molecule has 0 spiro atoms. The Morgan fingerprint density at radius 1 is 1.11 bits per heavy atom.